The zero-order chi connectivity index (χ0) is 15.1. The summed E-state index contributed by atoms with van der Waals surface area (Å²) in [6, 6.07) is 10.4. The molecule has 1 amide bonds. The van der Waals surface area contributed by atoms with Crippen molar-refractivity contribution < 1.29 is 4.79 Å². The second kappa shape index (κ2) is 8.15. The smallest absolute Gasteiger partial charge is 0.220 e. The Bertz CT molecular complexity index is 427. The van der Waals surface area contributed by atoms with Gasteiger partial charge in [0.05, 0.1) is 6.04 Å². The van der Waals surface area contributed by atoms with Gasteiger partial charge in [0.25, 0.3) is 0 Å². The number of benzene rings is 1. The number of nitrogens with zero attached hydrogens (tertiary/aromatic N) is 1. The number of nitrogens with one attached hydrogen (secondary N) is 1. The minimum absolute atomic E-state index is 0.0736. The van der Waals surface area contributed by atoms with Crippen LogP contribution in [0, 0.1) is 0 Å². The molecule has 0 aromatic heterocycles. The third-order valence-corrected chi connectivity index (χ3v) is 4.00. The van der Waals surface area contributed by atoms with Crippen molar-refractivity contribution in [2.75, 3.05) is 19.6 Å². The maximum atomic E-state index is 12.1. The highest BCUT2D eigenvalue weighted by Crippen LogP contribution is 2.18. The van der Waals surface area contributed by atoms with E-state index >= 15 is 0 Å². The van der Waals surface area contributed by atoms with Gasteiger partial charge in [0.1, 0.15) is 0 Å². The average Bonchev–Trinajstić information content (AvgIpc) is 2.98. The number of rotatable bonds is 7. The van der Waals surface area contributed by atoms with Crippen LogP contribution in [0.4, 0.5) is 0 Å². The van der Waals surface area contributed by atoms with Crippen molar-refractivity contribution in [1.29, 1.82) is 0 Å². The molecule has 3 N–H and O–H groups in total. The Morgan fingerprint density at radius 3 is 2.57 bits per heavy atom. The molecule has 0 bridgehead atoms. The van der Waals surface area contributed by atoms with E-state index in [9.17, 15) is 4.79 Å². The Hall–Kier alpha value is -1.39. The van der Waals surface area contributed by atoms with E-state index in [0.29, 0.717) is 6.42 Å². The van der Waals surface area contributed by atoms with Crippen molar-refractivity contribution in [3.63, 3.8) is 0 Å². The number of hydrogen-bond acceptors (Lipinski definition) is 3. The van der Waals surface area contributed by atoms with Gasteiger partial charge in [-0.2, -0.15) is 0 Å². The number of carbonyl (C=O) groups is 1. The van der Waals surface area contributed by atoms with Crippen molar-refractivity contribution in [2.45, 2.75) is 44.7 Å². The molecule has 0 saturated carbocycles. The molecule has 116 valence electrons. The molecule has 1 aliphatic rings. The Kier molecular flexibility index (Phi) is 6.21. The molecular weight excluding hydrogens is 262 g/mol. The molecule has 2 rings (SSSR count). The van der Waals surface area contributed by atoms with Gasteiger partial charge < -0.3 is 16.0 Å². The number of carbonyl (C=O) groups excluding carboxylic acids is 1. The normalized spacial score (nSPS) is 18.4. The van der Waals surface area contributed by atoms with E-state index in [4.69, 9.17) is 5.73 Å². The quantitative estimate of drug-likeness (QED) is 0.808. The summed E-state index contributed by atoms with van der Waals surface area (Å²) in [4.78, 5) is 14.6. The van der Waals surface area contributed by atoms with Gasteiger partial charge >= 0.3 is 0 Å². The van der Waals surface area contributed by atoms with E-state index in [1.165, 1.54) is 18.4 Å². The molecule has 21 heavy (non-hydrogen) atoms. The number of amides is 1. The van der Waals surface area contributed by atoms with Crippen LogP contribution in [0.25, 0.3) is 0 Å². The van der Waals surface area contributed by atoms with Gasteiger partial charge in [-0.3, -0.25) is 4.79 Å². The van der Waals surface area contributed by atoms with Crippen LogP contribution in [-0.2, 0) is 4.79 Å². The lowest BCUT2D eigenvalue weighted by Crippen LogP contribution is -2.37. The summed E-state index contributed by atoms with van der Waals surface area (Å²) in [6.45, 7) is 5.11. The number of nitrogens with two attached hydrogens (primary N) is 1. The third-order valence-electron chi connectivity index (χ3n) is 4.00. The summed E-state index contributed by atoms with van der Waals surface area (Å²) in [5, 5.41) is 3.18. The van der Waals surface area contributed by atoms with Gasteiger partial charge in [-0.15, -0.1) is 0 Å². The first kappa shape index (κ1) is 16.0. The van der Waals surface area contributed by atoms with Gasteiger partial charge in [-0.25, -0.2) is 0 Å². The second-order valence-electron chi connectivity index (χ2n) is 6.05. The van der Waals surface area contributed by atoms with Crippen LogP contribution in [0.15, 0.2) is 30.3 Å². The summed E-state index contributed by atoms with van der Waals surface area (Å²) in [7, 11) is 0. The van der Waals surface area contributed by atoms with Crippen molar-refractivity contribution in [3.05, 3.63) is 35.9 Å². The molecule has 1 aliphatic heterocycles. The lowest BCUT2D eigenvalue weighted by molar-refractivity contribution is -0.122. The molecule has 1 heterocycles. The van der Waals surface area contributed by atoms with E-state index in [1.807, 2.05) is 25.1 Å². The van der Waals surface area contributed by atoms with Crippen molar-refractivity contribution in [1.82, 2.24) is 10.2 Å². The molecule has 1 fully saturated rings. The standard InChI is InChI=1S/C17H27N3O/c1-14(18)9-10-17(21)19-16(13-20-11-5-6-12-20)15-7-3-2-4-8-15/h2-4,7-8,14,16H,5-6,9-13,18H2,1H3,(H,19,21). The fourth-order valence-corrected chi connectivity index (χ4v) is 2.77. The Morgan fingerprint density at radius 1 is 1.29 bits per heavy atom. The lowest BCUT2D eigenvalue weighted by Gasteiger charge is -2.25. The fourth-order valence-electron chi connectivity index (χ4n) is 2.77. The molecule has 1 aromatic rings. The maximum Gasteiger partial charge on any atom is 0.220 e. The predicted molar refractivity (Wildman–Crippen MR) is 85.9 cm³/mol. The highest BCUT2D eigenvalue weighted by atomic mass is 16.1. The van der Waals surface area contributed by atoms with E-state index in [0.717, 1.165) is 26.1 Å². The van der Waals surface area contributed by atoms with E-state index in [2.05, 4.69) is 22.3 Å². The van der Waals surface area contributed by atoms with E-state index in [-0.39, 0.29) is 18.0 Å². The third kappa shape index (κ3) is 5.48. The molecule has 1 saturated heterocycles. The molecule has 4 nitrogen and oxygen atoms in total. The summed E-state index contributed by atoms with van der Waals surface area (Å²) >= 11 is 0. The van der Waals surface area contributed by atoms with E-state index in [1.54, 1.807) is 0 Å². The van der Waals surface area contributed by atoms with Crippen LogP contribution in [0.5, 0.6) is 0 Å². The second-order valence-corrected chi connectivity index (χ2v) is 6.05. The van der Waals surface area contributed by atoms with Crippen LogP contribution >= 0.6 is 0 Å². The summed E-state index contributed by atoms with van der Waals surface area (Å²) in [6.07, 6.45) is 3.76. The Morgan fingerprint density at radius 2 is 1.95 bits per heavy atom. The first-order valence-electron chi connectivity index (χ1n) is 7.97. The largest absolute Gasteiger partial charge is 0.348 e. The highest BCUT2D eigenvalue weighted by Gasteiger charge is 2.20. The molecule has 4 heteroatoms. The van der Waals surface area contributed by atoms with Crippen LogP contribution in [0.3, 0.4) is 0 Å². The topological polar surface area (TPSA) is 58.4 Å². The summed E-state index contributed by atoms with van der Waals surface area (Å²) in [5.74, 6) is 0.0975. The van der Waals surface area contributed by atoms with Crippen LogP contribution in [-0.4, -0.2) is 36.5 Å². The fraction of sp³-hybridized carbons (Fsp3) is 0.588. The Balaban J connectivity index is 1.96. The molecule has 2 atom stereocenters. The van der Waals surface area contributed by atoms with Crippen molar-refractivity contribution in [3.8, 4) is 0 Å². The molecule has 1 aromatic carbocycles. The maximum absolute atomic E-state index is 12.1. The first-order valence-corrected chi connectivity index (χ1v) is 7.97. The average molecular weight is 289 g/mol. The molecular formula is C17H27N3O. The van der Waals surface area contributed by atoms with Crippen molar-refractivity contribution >= 4 is 5.91 Å². The van der Waals surface area contributed by atoms with Gasteiger partial charge in [0, 0.05) is 19.0 Å². The molecule has 2 unspecified atom stereocenters. The van der Waals surface area contributed by atoms with Gasteiger partial charge in [-0.05, 0) is 44.8 Å². The number of likely N-dealkylation sites (tertiary alicyclic amines) is 1. The Labute approximate surface area is 127 Å². The minimum atomic E-state index is 0.0736. The zero-order valence-corrected chi connectivity index (χ0v) is 12.9. The zero-order valence-electron chi connectivity index (χ0n) is 12.9. The summed E-state index contributed by atoms with van der Waals surface area (Å²) in [5.41, 5.74) is 6.91. The highest BCUT2D eigenvalue weighted by molar-refractivity contribution is 5.76. The van der Waals surface area contributed by atoms with Crippen molar-refractivity contribution in [2.24, 2.45) is 5.73 Å². The first-order chi connectivity index (χ1) is 10.1. The van der Waals surface area contributed by atoms with Crippen LogP contribution in [0.1, 0.15) is 44.2 Å². The predicted octanol–water partition coefficient (Wildman–Crippen LogP) is 2.07. The van der Waals surface area contributed by atoms with Gasteiger partial charge in [-0.1, -0.05) is 30.3 Å². The van der Waals surface area contributed by atoms with Crippen LogP contribution in [0.2, 0.25) is 0 Å². The molecule has 0 aliphatic carbocycles. The minimum Gasteiger partial charge on any atom is -0.348 e. The van der Waals surface area contributed by atoms with Gasteiger partial charge in [0.2, 0.25) is 5.91 Å². The monoisotopic (exact) mass is 289 g/mol. The molecule has 0 spiro atoms. The molecule has 0 radical (unpaired) electrons. The van der Waals surface area contributed by atoms with Crippen LogP contribution < -0.4 is 11.1 Å². The lowest BCUT2D eigenvalue weighted by atomic mass is 10.1. The SMILES string of the molecule is CC(N)CCC(=O)NC(CN1CCCC1)c1ccccc1. The van der Waals surface area contributed by atoms with Gasteiger partial charge in [0.15, 0.2) is 0 Å². The summed E-state index contributed by atoms with van der Waals surface area (Å²) < 4.78 is 0. The van der Waals surface area contributed by atoms with E-state index < -0.39 is 0 Å². The number of hydrogen-bond donors (Lipinski definition) is 2.